The average molecular weight is 282 g/mol. The maximum atomic E-state index is 12.3. The van der Waals surface area contributed by atoms with E-state index in [9.17, 15) is 14.7 Å². The van der Waals surface area contributed by atoms with Gasteiger partial charge in [0, 0.05) is 25.2 Å². The highest BCUT2D eigenvalue weighted by Crippen LogP contribution is 2.22. The van der Waals surface area contributed by atoms with E-state index in [2.05, 4.69) is 0 Å². The molecule has 7 nitrogen and oxygen atoms in total. The maximum absolute atomic E-state index is 12.3. The van der Waals surface area contributed by atoms with Crippen LogP contribution in [0.15, 0.2) is 16.7 Å². The third-order valence-corrected chi connectivity index (χ3v) is 3.29. The molecule has 1 aliphatic heterocycles. The topological polar surface area (TPSA) is 94.2 Å². The van der Waals surface area contributed by atoms with Crippen molar-refractivity contribution in [2.45, 2.75) is 18.6 Å². The summed E-state index contributed by atoms with van der Waals surface area (Å²) in [5, 5.41) is 18.6. The van der Waals surface area contributed by atoms with Crippen LogP contribution in [0.25, 0.3) is 0 Å². The summed E-state index contributed by atoms with van der Waals surface area (Å²) in [4.78, 5) is 26.6. The number of aromatic carboxylic acids is 1. The fourth-order valence-electron chi connectivity index (χ4n) is 2.44. The minimum absolute atomic E-state index is 0.0137. The zero-order valence-electron chi connectivity index (χ0n) is 11.4. The first kappa shape index (κ1) is 14.5. The van der Waals surface area contributed by atoms with Gasteiger partial charge in [0.1, 0.15) is 6.26 Å². The van der Waals surface area contributed by atoms with Gasteiger partial charge in [0.05, 0.1) is 11.7 Å². The number of likely N-dealkylation sites (tertiary alicyclic amines) is 1. The molecule has 2 heterocycles. The van der Waals surface area contributed by atoms with E-state index < -0.39 is 12.1 Å². The summed E-state index contributed by atoms with van der Waals surface area (Å²) in [5.41, 5.74) is -0.0581. The number of hydrogen-bond donors (Lipinski definition) is 2. The van der Waals surface area contributed by atoms with E-state index in [0.29, 0.717) is 13.0 Å². The van der Waals surface area contributed by atoms with Gasteiger partial charge in [-0.3, -0.25) is 4.79 Å². The lowest BCUT2D eigenvalue weighted by molar-refractivity contribution is 0.0665. The summed E-state index contributed by atoms with van der Waals surface area (Å²) in [6.07, 6.45) is 0.997. The van der Waals surface area contributed by atoms with Crippen molar-refractivity contribution in [3.05, 3.63) is 23.7 Å². The Labute approximate surface area is 116 Å². The van der Waals surface area contributed by atoms with Crippen LogP contribution in [0.1, 0.15) is 27.3 Å². The number of aliphatic hydroxyl groups is 1. The minimum atomic E-state index is -1.14. The van der Waals surface area contributed by atoms with Crippen molar-refractivity contribution in [1.82, 2.24) is 9.80 Å². The van der Waals surface area contributed by atoms with Crippen LogP contribution in [-0.4, -0.2) is 71.2 Å². The Kier molecular flexibility index (Phi) is 4.10. The van der Waals surface area contributed by atoms with Gasteiger partial charge in [-0.05, 0) is 20.5 Å². The Morgan fingerprint density at radius 2 is 2.20 bits per heavy atom. The number of furan rings is 1. The number of carbonyl (C=O) groups is 2. The summed E-state index contributed by atoms with van der Waals surface area (Å²) < 4.78 is 5.02. The molecule has 1 saturated heterocycles. The van der Waals surface area contributed by atoms with Gasteiger partial charge in [0.15, 0.2) is 5.76 Å². The Balaban J connectivity index is 2.15. The number of β-amino-alcohol motifs (C(OH)–C–C–N with tert-alkyl or cyclic N) is 1. The van der Waals surface area contributed by atoms with Crippen molar-refractivity contribution in [2.75, 3.05) is 27.2 Å². The van der Waals surface area contributed by atoms with Crippen molar-refractivity contribution >= 4 is 11.9 Å². The number of nitrogens with zero attached hydrogens (tertiary/aromatic N) is 2. The second-order valence-corrected chi connectivity index (χ2v) is 5.27. The van der Waals surface area contributed by atoms with Gasteiger partial charge in [-0.25, -0.2) is 4.79 Å². The molecule has 110 valence electrons. The lowest BCUT2D eigenvalue weighted by atomic mass is 10.2. The second-order valence-electron chi connectivity index (χ2n) is 5.27. The molecule has 2 unspecified atom stereocenters. The van der Waals surface area contributed by atoms with Crippen molar-refractivity contribution in [1.29, 1.82) is 0 Å². The molecule has 2 atom stereocenters. The predicted octanol–water partition coefficient (Wildman–Crippen LogP) is 0.115. The van der Waals surface area contributed by atoms with Crippen LogP contribution in [0.2, 0.25) is 0 Å². The molecular weight excluding hydrogens is 264 g/mol. The average Bonchev–Trinajstić information content (AvgIpc) is 2.94. The molecular formula is C13H18N2O5. The van der Waals surface area contributed by atoms with Crippen LogP contribution in [0.5, 0.6) is 0 Å². The Morgan fingerprint density at radius 3 is 2.75 bits per heavy atom. The molecule has 1 aliphatic rings. The lowest BCUT2D eigenvalue weighted by Crippen LogP contribution is -2.41. The standard InChI is InChI=1S/C13H18N2O5/c1-14(2)5-9-4-10(16)6-15(9)12(17)11-3-8(7-20-11)13(18)19/h3,7,9-10,16H,4-6H2,1-2H3,(H,18,19). The number of amides is 1. The summed E-state index contributed by atoms with van der Waals surface area (Å²) in [5.74, 6) is -1.54. The van der Waals surface area contributed by atoms with Gasteiger partial charge in [-0.1, -0.05) is 0 Å². The highest BCUT2D eigenvalue weighted by molar-refractivity contribution is 5.95. The molecule has 7 heteroatoms. The van der Waals surface area contributed by atoms with Crippen molar-refractivity contribution < 1.29 is 24.2 Å². The van der Waals surface area contributed by atoms with E-state index >= 15 is 0 Å². The molecule has 0 spiro atoms. The number of likely N-dealkylation sites (N-methyl/N-ethyl adjacent to an activating group) is 1. The van der Waals surface area contributed by atoms with Gasteiger partial charge in [0.25, 0.3) is 5.91 Å². The van der Waals surface area contributed by atoms with Crippen LogP contribution in [0.3, 0.4) is 0 Å². The van der Waals surface area contributed by atoms with E-state index in [1.807, 2.05) is 19.0 Å². The first-order valence-electron chi connectivity index (χ1n) is 6.34. The molecule has 0 aromatic carbocycles. The first-order chi connectivity index (χ1) is 9.38. The summed E-state index contributed by atoms with van der Waals surface area (Å²) in [7, 11) is 3.78. The van der Waals surface area contributed by atoms with Gasteiger partial charge >= 0.3 is 5.97 Å². The molecule has 20 heavy (non-hydrogen) atoms. The van der Waals surface area contributed by atoms with Crippen LogP contribution in [-0.2, 0) is 0 Å². The lowest BCUT2D eigenvalue weighted by Gasteiger charge is -2.25. The number of hydrogen-bond acceptors (Lipinski definition) is 5. The van der Waals surface area contributed by atoms with Crippen LogP contribution in [0.4, 0.5) is 0 Å². The van der Waals surface area contributed by atoms with Crippen LogP contribution in [0, 0.1) is 0 Å². The molecule has 1 aromatic rings. The van der Waals surface area contributed by atoms with E-state index in [4.69, 9.17) is 9.52 Å². The predicted molar refractivity (Wildman–Crippen MR) is 69.7 cm³/mol. The van der Waals surface area contributed by atoms with Crippen molar-refractivity contribution in [3.8, 4) is 0 Å². The number of carbonyl (C=O) groups excluding carboxylic acids is 1. The van der Waals surface area contributed by atoms with Gasteiger partial charge in [0.2, 0.25) is 0 Å². The third kappa shape index (κ3) is 3.00. The fourth-order valence-corrected chi connectivity index (χ4v) is 2.44. The third-order valence-electron chi connectivity index (χ3n) is 3.29. The molecule has 1 amide bonds. The van der Waals surface area contributed by atoms with Gasteiger partial charge < -0.3 is 24.4 Å². The fraction of sp³-hybridized carbons (Fsp3) is 0.538. The summed E-state index contributed by atoms with van der Waals surface area (Å²) in [6.45, 7) is 0.871. The summed E-state index contributed by atoms with van der Waals surface area (Å²) >= 11 is 0. The monoisotopic (exact) mass is 282 g/mol. The van der Waals surface area contributed by atoms with E-state index in [1.54, 1.807) is 0 Å². The molecule has 2 N–H and O–H groups in total. The second kappa shape index (κ2) is 5.64. The largest absolute Gasteiger partial charge is 0.478 e. The molecule has 1 fully saturated rings. The molecule has 0 saturated carbocycles. The van der Waals surface area contributed by atoms with E-state index in [-0.39, 0.29) is 29.8 Å². The maximum Gasteiger partial charge on any atom is 0.338 e. The molecule has 0 aliphatic carbocycles. The Bertz CT molecular complexity index is 511. The quantitative estimate of drug-likeness (QED) is 0.814. The first-order valence-corrected chi connectivity index (χ1v) is 6.34. The number of aliphatic hydroxyl groups excluding tert-OH is 1. The Hall–Kier alpha value is -1.86. The highest BCUT2D eigenvalue weighted by Gasteiger charge is 2.36. The van der Waals surface area contributed by atoms with E-state index in [1.165, 1.54) is 11.0 Å². The SMILES string of the molecule is CN(C)CC1CC(O)CN1C(=O)c1cc(C(=O)O)co1. The zero-order valence-corrected chi connectivity index (χ0v) is 11.4. The molecule has 2 rings (SSSR count). The Morgan fingerprint density at radius 1 is 1.50 bits per heavy atom. The van der Waals surface area contributed by atoms with Gasteiger partial charge in [-0.15, -0.1) is 0 Å². The zero-order chi connectivity index (χ0) is 14.9. The summed E-state index contributed by atoms with van der Waals surface area (Å²) in [6, 6.07) is 1.10. The van der Waals surface area contributed by atoms with Crippen molar-refractivity contribution in [3.63, 3.8) is 0 Å². The van der Waals surface area contributed by atoms with Crippen LogP contribution < -0.4 is 0 Å². The number of carboxylic acid groups (broad SMARTS) is 1. The van der Waals surface area contributed by atoms with Crippen molar-refractivity contribution in [2.24, 2.45) is 0 Å². The molecule has 1 aromatic heterocycles. The molecule has 0 bridgehead atoms. The number of rotatable bonds is 4. The van der Waals surface area contributed by atoms with Crippen LogP contribution >= 0.6 is 0 Å². The highest BCUT2D eigenvalue weighted by atomic mass is 16.4. The van der Waals surface area contributed by atoms with E-state index in [0.717, 1.165) is 6.26 Å². The normalized spacial score (nSPS) is 22.5. The van der Waals surface area contributed by atoms with Gasteiger partial charge in [-0.2, -0.15) is 0 Å². The number of carboxylic acids is 1. The molecule has 0 radical (unpaired) electrons. The minimum Gasteiger partial charge on any atom is -0.478 e. The smallest absolute Gasteiger partial charge is 0.338 e.